The summed E-state index contributed by atoms with van der Waals surface area (Å²) in [5.74, 6) is -0.888. The molecule has 1 fully saturated rings. The number of nitrogens with one attached hydrogen (secondary N) is 1. The average Bonchev–Trinajstić information content (AvgIpc) is 3.28. The van der Waals surface area contributed by atoms with Gasteiger partial charge in [-0.25, -0.2) is 4.98 Å². The molecule has 0 bridgehead atoms. The standard InChI is InChI=1S/C22H29N3O5/c1-2-3-12-25-19-9-5-4-8-17(19)24-18(22(25)28)10-11-21(27)30-15-20(26)23-14-16-7-6-13-29-16/h4-5,8-9,16H,2-3,6-7,10-15H2,1H3,(H,23,26)/t16-/m0/s1. The number of hydrogen-bond donors (Lipinski definition) is 1. The van der Waals surface area contributed by atoms with Crippen LogP contribution in [0.1, 0.15) is 44.7 Å². The first-order valence-corrected chi connectivity index (χ1v) is 10.6. The van der Waals surface area contributed by atoms with E-state index >= 15 is 0 Å². The summed E-state index contributed by atoms with van der Waals surface area (Å²) < 4.78 is 12.2. The summed E-state index contributed by atoms with van der Waals surface area (Å²) in [5, 5.41) is 2.70. The van der Waals surface area contributed by atoms with Crippen LogP contribution >= 0.6 is 0 Å². The zero-order valence-corrected chi connectivity index (χ0v) is 17.4. The Kier molecular flexibility index (Phi) is 7.96. The second-order valence-corrected chi connectivity index (χ2v) is 7.46. The van der Waals surface area contributed by atoms with E-state index in [1.165, 1.54) is 0 Å². The first-order chi connectivity index (χ1) is 14.6. The lowest BCUT2D eigenvalue weighted by molar-refractivity contribution is -0.148. The minimum Gasteiger partial charge on any atom is -0.456 e. The van der Waals surface area contributed by atoms with Crippen LogP contribution in [0.2, 0.25) is 0 Å². The summed E-state index contributed by atoms with van der Waals surface area (Å²) in [5.41, 5.74) is 1.68. The van der Waals surface area contributed by atoms with Crippen molar-refractivity contribution in [2.45, 2.75) is 58.1 Å². The van der Waals surface area contributed by atoms with Gasteiger partial charge in [0.25, 0.3) is 11.5 Å². The molecule has 1 aromatic carbocycles. The minimum atomic E-state index is -0.531. The number of benzene rings is 1. The third-order valence-corrected chi connectivity index (χ3v) is 5.14. The molecular formula is C22H29N3O5. The molecule has 0 spiro atoms. The molecule has 3 rings (SSSR count). The summed E-state index contributed by atoms with van der Waals surface area (Å²) in [7, 11) is 0. The number of carbonyl (C=O) groups is 2. The maximum Gasteiger partial charge on any atom is 0.306 e. The Balaban J connectivity index is 1.54. The molecular weight excluding hydrogens is 386 g/mol. The molecule has 1 saturated heterocycles. The van der Waals surface area contributed by atoms with E-state index in [1.807, 2.05) is 24.3 Å². The van der Waals surface area contributed by atoms with Gasteiger partial charge in [0.1, 0.15) is 5.69 Å². The predicted molar refractivity (Wildman–Crippen MR) is 112 cm³/mol. The van der Waals surface area contributed by atoms with E-state index in [0.717, 1.165) is 43.3 Å². The zero-order valence-electron chi connectivity index (χ0n) is 17.4. The van der Waals surface area contributed by atoms with Crippen LogP contribution in [0, 0.1) is 0 Å². The van der Waals surface area contributed by atoms with Gasteiger partial charge >= 0.3 is 5.97 Å². The lowest BCUT2D eigenvalue weighted by Crippen LogP contribution is -2.35. The number of aryl methyl sites for hydroxylation is 2. The van der Waals surface area contributed by atoms with E-state index < -0.39 is 5.97 Å². The summed E-state index contributed by atoms with van der Waals surface area (Å²) in [6.45, 7) is 3.49. The van der Waals surface area contributed by atoms with Crippen molar-refractivity contribution in [2.24, 2.45) is 0 Å². The molecule has 1 aliphatic heterocycles. The first kappa shape index (κ1) is 22.0. The Hall–Kier alpha value is -2.74. The molecule has 30 heavy (non-hydrogen) atoms. The van der Waals surface area contributed by atoms with E-state index in [1.54, 1.807) is 4.57 Å². The van der Waals surface area contributed by atoms with E-state index in [2.05, 4.69) is 17.2 Å². The monoisotopic (exact) mass is 415 g/mol. The number of ether oxygens (including phenoxy) is 2. The Morgan fingerprint density at radius 3 is 2.93 bits per heavy atom. The highest BCUT2D eigenvalue weighted by molar-refractivity contribution is 5.80. The number of hydrogen-bond acceptors (Lipinski definition) is 6. The number of aromatic nitrogens is 2. The van der Waals surface area contributed by atoms with E-state index in [9.17, 15) is 14.4 Å². The lowest BCUT2D eigenvalue weighted by atomic mass is 10.2. The molecule has 2 aromatic rings. The molecule has 0 saturated carbocycles. The molecule has 8 heteroatoms. The number of unbranched alkanes of at least 4 members (excludes halogenated alkanes) is 1. The van der Waals surface area contributed by atoms with Gasteiger partial charge < -0.3 is 19.4 Å². The van der Waals surface area contributed by atoms with Gasteiger partial charge in [-0.15, -0.1) is 0 Å². The predicted octanol–water partition coefficient (Wildman–Crippen LogP) is 1.97. The largest absolute Gasteiger partial charge is 0.456 e. The second kappa shape index (κ2) is 10.9. The molecule has 1 amide bonds. The highest BCUT2D eigenvalue weighted by atomic mass is 16.5. The van der Waals surface area contributed by atoms with Crippen LogP contribution in [0.3, 0.4) is 0 Å². The van der Waals surface area contributed by atoms with Gasteiger partial charge in [-0.3, -0.25) is 14.4 Å². The van der Waals surface area contributed by atoms with Gasteiger partial charge in [0, 0.05) is 26.1 Å². The van der Waals surface area contributed by atoms with Crippen LogP contribution in [0.25, 0.3) is 11.0 Å². The molecule has 1 N–H and O–H groups in total. The third kappa shape index (κ3) is 5.89. The van der Waals surface area contributed by atoms with Crippen LogP contribution in [0.15, 0.2) is 29.1 Å². The number of fused-ring (bicyclic) bond motifs is 1. The Morgan fingerprint density at radius 1 is 1.33 bits per heavy atom. The number of carbonyl (C=O) groups excluding carboxylic acids is 2. The molecule has 0 unspecified atom stereocenters. The van der Waals surface area contributed by atoms with Gasteiger partial charge in [0.05, 0.1) is 23.6 Å². The number of esters is 1. The van der Waals surface area contributed by atoms with E-state index in [4.69, 9.17) is 9.47 Å². The molecule has 162 valence electrons. The minimum absolute atomic E-state index is 0.00657. The van der Waals surface area contributed by atoms with Crippen LogP contribution in [-0.4, -0.2) is 47.3 Å². The Bertz CT molecular complexity index is 934. The molecule has 1 atom stereocenters. The fourth-order valence-corrected chi connectivity index (χ4v) is 3.47. The summed E-state index contributed by atoms with van der Waals surface area (Å²) in [4.78, 5) is 41.2. The topological polar surface area (TPSA) is 99.5 Å². The van der Waals surface area contributed by atoms with Gasteiger partial charge in [-0.1, -0.05) is 25.5 Å². The highest BCUT2D eigenvalue weighted by Crippen LogP contribution is 2.12. The molecule has 0 radical (unpaired) electrons. The fourth-order valence-electron chi connectivity index (χ4n) is 3.47. The average molecular weight is 415 g/mol. The van der Waals surface area contributed by atoms with Gasteiger partial charge in [0.2, 0.25) is 0 Å². The van der Waals surface area contributed by atoms with Gasteiger partial charge in [-0.2, -0.15) is 0 Å². The van der Waals surface area contributed by atoms with Crippen molar-refractivity contribution in [3.63, 3.8) is 0 Å². The van der Waals surface area contributed by atoms with E-state index in [-0.39, 0.29) is 37.0 Å². The number of para-hydroxylation sites is 2. The SMILES string of the molecule is CCCCn1c(=O)c(CCC(=O)OCC(=O)NC[C@@H]2CCCO2)nc2ccccc21. The van der Waals surface area contributed by atoms with Crippen LogP contribution < -0.4 is 10.9 Å². The Labute approximate surface area is 175 Å². The Morgan fingerprint density at radius 2 is 2.17 bits per heavy atom. The maximum absolute atomic E-state index is 12.9. The lowest BCUT2D eigenvalue weighted by Gasteiger charge is -2.12. The van der Waals surface area contributed by atoms with Crippen LogP contribution in [0.5, 0.6) is 0 Å². The molecule has 2 heterocycles. The van der Waals surface area contributed by atoms with Gasteiger partial charge in [-0.05, 0) is 31.4 Å². The van der Waals surface area contributed by atoms with Crippen molar-refractivity contribution in [1.82, 2.24) is 14.9 Å². The van der Waals surface area contributed by atoms with Crippen LogP contribution in [-0.2, 0) is 32.0 Å². The smallest absolute Gasteiger partial charge is 0.306 e. The quantitative estimate of drug-likeness (QED) is 0.596. The third-order valence-electron chi connectivity index (χ3n) is 5.14. The fraction of sp³-hybridized carbons (Fsp3) is 0.545. The summed E-state index contributed by atoms with van der Waals surface area (Å²) in [6, 6.07) is 7.49. The second-order valence-electron chi connectivity index (χ2n) is 7.46. The maximum atomic E-state index is 12.9. The van der Waals surface area contributed by atoms with E-state index in [0.29, 0.717) is 18.8 Å². The number of amides is 1. The summed E-state index contributed by atoms with van der Waals surface area (Å²) in [6.07, 6.45) is 3.99. The van der Waals surface area contributed by atoms with Crippen molar-refractivity contribution in [3.8, 4) is 0 Å². The zero-order chi connectivity index (χ0) is 21.3. The van der Waals surface area contributed by atoms with Crippen molar-refractivity contribution in [2.75, 3.05) is 19.8 Å². The summed E-state index contributed by atoms with van der Waals surface area (Å²) >= 11 is 0. The van der Waals surface area contributed by atoms with Crippen molar-refractivity contribution in [3.05, 3.63) is 40.3 Å². The molecule has 8 nitrogen and oxygen atoms in total. The van der Waals surface area contributed by atoms with Gasteiger partial charge in [0.15, 0.2) is 6.61 Å². The molecule has 1 aromatic heterocycles. The number of nitrogens with zero attached hydrogens (tertiary/aromatic N) is 2. The van der Waals surface area contributed by atoms with Crippen molar-refractivity contribution in [1.29, 1.82) is 0 Å². The van der Waals surface area contributed by atoms with Crippen molar-refractivity contribution >= 4 is 22.9 Å². The normalized spacial score (nSPS) is 16.0. The highest BCUT2D eigenvalue weighted by Gasteiger charge is 2.17. The number of rotatable bonds is 10. The first-order valence-electron chi connectivity index (χ1n) is 10.6. The molecule has 0 aliphatic carbocycles. The van der Waals surface area contributed by atoms with Crippen LogP contribution in [0.4, 0.5) is 0 Å². The molecule has 1 aliphatic rings. The van der Waals surface area contributed by atoms with Crippen molar-refractivity contribution < 1.29 is 19.1 Å².